The minimum absolute atomic E-state index is 0.0221. The van der Waals surface area contributed by atoms with E-state index >= 15 is 0 Å². The maximum atomic E-state index is 12.8. The van der Waals surface area contributed by atoms with E-state index < -0.39 is 11.7 Å². The molecule has 0 aliphatic carbocycles. The Morgan fingerprint density at radius 1 is 1.10 bits per heavy atom. The number of para-hydroxylation sites is 1. The van der Waals surface area contributed by atoms with Gasteiger partial charge >= 0.3 is 6.18 Å². The Hall–Kier alpha value is -2.77. The van der Waals surface area contributed by atoms with Crippen molar-refractivity contribution in [3.8, 4) is 5.75 Å². The number of halogens is 3. The Morgan fingerprint density at radius 3 is 2.55 bits per heavy atom. The lowest BCUT2D eigenvalue weighted by Crippen LogP contribution is -2.51. The number of hydrogen-bond acceptors (Lipinski definition) is 4. The lowest BCUT2D eigenvalue weighted by atomic mass is 9.92. The van der Waals surface area contributed by atoms with Crippen LogP contribution in [-0.2, 0) is 11.0 Å². The molecule has 0 spiro atoms. The van der Waals surface area contributed by atoms with Crippen LogP contribution in [0, 0.1) is 5.92 Å². The highest BCUT2D eigenvalue weighted by atomic mass is 19.4. The van der Waals surface area contributed by atoms with E-state index in [1.54, 1.807) is 12.1 Å². The van der Waals surface area contributed by atoms with Gasteiger partial charge in [-0.25, -0.2) is 4.98 Å². The van der Waals surface area contributed by atoms with E-state index in [0.717, 1.165) is 31.6 Å². The fourth-order valence-electron chi connectivity index (χ4n) is 4.14. The van der Waals surface area contributed by atoms with Crippen LogP contribution in [0.2, 0.25) is 0 Å². The third kappa shape index (κ3) is 4.31. The first-order valence-electron chi connectivity index (χ1n) is 9.67. The third-order valence-electron chi connectivity index (χ3n) is 5.69. The van der Waals surface area contributed by atoms with Crippen LogP contribution < -0.4 is 9.64 Å². The number of anilines is 1. The quantitative estimate of drug-likeness (QED) is 0.780. The zero-order valence-corrected chi connectivity index (χ0v) is 15.8. The standard InChI is InChI=1S/C21H22F3N3O2/c22-21(23,24)16-6-7-19(25-12-16)26-10-8-15-9-11-27(18(15)13-26)20(28)14-29-17-4-2-1-3-5-17/h1-7,12,15,18H,8-11,13-14H2. The summed E-state index contributed by atoms with van der Waals surface area (Å²) in [6.07, 6.45) is -1.70. The summed E-state index contributed by atoms with van der Waals surface area (Å²) >= 11 is 0. The van der Waals surface area contributed by atoms with Crippen molar-refractivity contribution in [1.82, 2.24) is 9.88 Å². The number of hydrogen-bond donors (Lipinski definition) is 0. The second kappa shape index (κ2) is 7.93. The number of pyridine rings is 1. The van der Waals surface area contributed by atoms with Crippen LogP contribution in [0.1, 0.15) is 18.4 Å². The molecule has 5 nitrogen and oxygen atoms in total. The zero-order chi connectivity index (χ0) is 20.4. The van der Waals surface area contributed by atoms with Gasteiger partial charge in [-0.15, -0.1) is 0 Å². The summed E-state index contributed by atoms with van der Waals surface area (Å²) in [6.45, 7) is 1.95. The molecule has 2 aliphatic heterocycles. The van der Waals surface area contributed by atoms with Gasteiger partial charge in [0.05, 0.1) is 11.6 Å². The number of alkyl halides is 3. The van der Waals surface area contributed by atoms with Gasteiger partial charge in [-0.3, -0.25) is 4.79 Å². The van der Waals surface area contributed by atoms with Crippen LogP contribution in [0.4, 0.5) is 19.0 Å². The summed E-state index contributed by atoms with van der Waals surface area (Å²) in [6, 6.07) is 11.7. The summed E-state index contributed by atoms with van der Waals surface area (Å²) in [5, 5.41) is 0. The highest BCUT2D eigenvalue weighted by Gasteiger charge is 2.41. The first-order chi connectivity index (χ1) is 13.9. The third-order valence-corrected chi connectivity index (χ3v) is 5.69. The molecule has 0 radical (unpaired) electrons. The first kappa shape index (κ1) is 19.5. The lowest BCUT2D eigenvalue weighted by Gasteiger charge is -2.39. The molecule has 1 aromatic carbocycles. The van der Waals surface area contributed by atoms with Crippen LogP contribution in [0.3, 0.4) is 0 Å². The summed E-state index contributed by atoms with van der Waals surface area (Å²) in [4.78, 5) is 20.5. The Kier molecular flexibility index (Phi) is 5.34. The summed E-state index contributed by atoms with van der Waals surface area (Å²) in [5.74, 6) is 1.50. The fraction of sp³-hybridized carbons (Fsp3) is 0.429. The van der Waals surface area contributed by atoms with Gasteiger partial charge in [0.25, 0.3) is 5.91 Å². The molecular formula is C21H22F3N3O2. The maximum Gasteiger partial charge on any atom is 0.417 e. The van der Waals surface area contributed by atoms with Crippen molar-refractivity contribution in [2.45, 2.75) is 25.1 Å². The van der Waals surface area contributed by atoms with Crippen molar-refractivity contribution >= 4 is 11.7 Å². The number of benzene rings is 1. The molecule has 0 bridgehead atoms. The zero-order valence-electron chi connectivity index (χ0n) is 15.8. The SMILES string of the molecule is O=C(COc1ccccc1)N1CCC2CCN(c3ccc(C(F)(F)F)cn3)CC21. The summed E-state index contributed by atoms with van der Waals surface area (Å²) < 4.78 is 43.9. The number of piperidine rings is 1. The van der Waals surface area contributed by atoms with E-state index in [-0.39, 0.29) is 18.6 Å². The Bertz CT molecular complexity index is 842. The number of amides is 1. The molecule has 29 heavy (non-hydrogen) atoms. The second-order valence-corrected chi connectivity index (χ2v) is 7.44. The molecule has 0 N–H and O–H groups in total. The molecule has 1 amide bonds. The maximum absolute atomic E-state index is 12.8. The molecule has 2 unspecified atom stereocenters. The largest absolute Gasteiger partial charge is 0.484 e. The van der Waals surface area contributed by atoms with Crippen LogP contribution in [0.25, 0.3) is 0 Å². The molecule has 8 heteroatoms. The average molecular weight is 405 g/mol. The Morgan fingerprint density at radius 2 is 1.86 bits per heavy atom. The molecule has 1 aromatic heterocycles. The minimum Gasteiger partial charge on any atom is -0.484 e. The lowest BCUT2D eigenvalue weighted by molar-refractivity contribution is -0.138. The van der Waals surface area contributed by atoms with Gasteiger partial charge in [-0.1, -0.05) is 18.2 Å². The average Bonchev–Trinajstić information content (AvgIpc) is 3.15. The van der Waals surface area contributed by atoms with E-state index in [0.29, 0.717) is 30.6 Å². The van der Waals surface area contributed by atoms with E-state index in [1.165, 1.54) is 6.07 Å². The topological polar surface area (TPSA) is 45.7 Å². The van der Waals surface area contributed by atoms with Crippen molar-refractivity contribution in [3.63, 3.8) is 0 Å². The van der Waals surface area contributed by atoms with Gasteiger partial charge in [0.1, 0.15) is 11.6 Å². The van der Waals surface area contributed by atoms with E-state index in [2.05, 4.69) is 4.98 Å². The molecular weight excluding hydrogens is 383 g/mol. The molecule has 2 aliphatic rings. The molecule has 2 aromatic rings. The number of rotatable bonds is 4. The molecule has 0 saturated carbocycles. The smallest absolute Gasteiger partial charge is 0.417 e. The number of nitrogens with zero attached hydrogens (tertiary/aromatic N) is 3. The van der Waals surface area contributed by atoms with Gasteiger partial charge in [-0.2, -0.15) is 13.2 Å². The number of likely N-dealkylation sites (tertiary alicyclic amines) is 1. The molecule has 154 valence electrons. The monoisotopic (exact) mass is 405 g/mol. The van der Waals surface area contributed by atoms with E-state index in [9.17, 15) is 18.0 Å². The van der Waals surface area contributed by atoms with Crippen LogP contribution in [0.15, 0.2) is 48.7 Å². The Balaban J connectivity index is 1.40. The van der Waals surface area contributed by atoms with Crippen LogP contribution >= 0.6 is 0 Å². The van der Waals surface area contributed by atoms with Crippen LogP contribution in [0.5, 0.6) is 5.75 Å². The normalized spacial score (nSPS) is 21.8. The van der Waals surface area contributed by atoms with E-state index in [4.69, 9.17) is 4.74 Å². The van der Waals surface area contributed by atoms with Crippen molar-refractivity contribution in [1.29, 1.82) is 0 Å². The van der Waals surface area contributed by atoms with Gasteiger partial charge < -0.3 is 14.5 Å². The van der Waals surface area contributed by atoms with Gasteiger partial charge in [0, 0.05) is 25.8 Å². The molecule has 2 atom stereocenters. The van der Waals surface area contributed by atoms with Crippen molar-refractivity contribution < 1.29 is 22.7 Å². The molecule has 2 fully saturated rings. The molecule has 4 rings (SSSR count). The van der Waals surface area contributed by atoms with Gasteiger partial charge in [0.2, 0.25) is 0 Å². The summed E-state index contributed by atoms with van der Waals surface area (Å²) in [5.41, 5.74) is -0.758. The highest BCUT2D eigenvalue weighted by Crippen LogP contribution is 2.34. The summed E-state index contributed by atoms with van der Waals surface area (Å²) in [7, 11) is 0. The van der Waals surface area contributed by atoms with Crippen molar-refractivity contribution in [2.75, 3.05) is 31.1 Å². The van der Waals surface area contributed by atoms with Gasteiger partial charge in [0.15, 0.2) is 6.61 Å². The van der Waals surface area contributed by atoms with Crippen molar-refractivity contribution in [3.05, 3.63) is 54.2 Å². The number of carbonyl (C=O) groups excluding carboxylic acids is 1. The van der Waals surface area contributed by atoms with Crippen molar-refractivity contribution in [2.24, 2.45) is 5.92 Å². The van der Waals surface area contributed by atoms with E-state index in [1.807, 2.05) is 28.0 Å². The molecule has 2 saturated heterocycles. The number of fused-ring (bicyclic) bond motifs is 1. The second-order valence-electron chi connectivity index (χ2n) is 7.44. The van der Waals surface area contributed by atoms with Crippen LogP contribution in [-0.4, -0.2) is 48.1 Å². The number of aromatic nitrogens is 1. The predicted molar refractivity (Wildman–Crippen MR) is 102 cm³/mol. The number of ether oxygens (including phenoxy) is 1. The Labute approximate surface area is 167 Å². The predicted octanol–water partition coefficient (Wildman–Crippen LogP) is 3.61. The molecule has 3 heterocycles. The minimum atomic E-state index is -4.40. The van der Waals surface area contributed by atoms with Gasteiger partial charge in [-0.05, 0) is 43.0 Å². The highest BCUT2D eigenvalue weighted by molar-refractivity contribution is 5.78. The fourth-order valence-corrected chi connectivity index (χ4v) is 4.14. The number of carbonyl (C=O) groups is 1. The first-order valence-corrected chi connectivity index (χ1v) is 9.67.